The molecule has 1 aromatic carbocycles. The summed E-state index contributed by atoms with van der Waals surface area (Å²) in [5.74, 6) is 1.40. The first kappa shape index (κ1) is 11.2. The molecule has 2 nitrogen and oxygen atoms in total. The van der Waals surface area contributed by atoms with Gasteiger partial charge in [-0.3, -0.25) is 0 Å². The van der Waals surface area contributed by atoms with Gasteiger partial charge in [0.25, 0.3) is 0 Å². The highest BCUT2D eigenvalue weighted by atomic mass is 35.5. The number of hydrogen-bond acceptors (Lipinski definition) is 2. The first-order chi connectivity index (χ1) is 6.67. The standard InChI is InChI=1S/C10H10Cl2O2/c1-13-8-4-3-7(5-10(11)12)9(6-8)14-2/h3-6H,1-2H3. The van der Waals surface area contributed by atoms with Crippen molar-refractivity contribution in [2.24, 2.45) is 0 Å². The lowest BCUT2D eigenvalue weighted by Gasteiger charge is -2.06. The second kappa shape index (κ2) is 5.13. The molecule has 76 valence electrons. The molecule has 4 heteroatoms. The summed E-state index contributed by atoms with van der Waals surface area (Å²) in [7, 11) is 3.17. The van der Waals surface area contributed by atoms with Crippen LogP contribution in [-0.4, -0.2) is 14.2 Å². The summed E-state index contributed by atoms with van der Waals surface area (Å²) in [5.41, 5.74) is 0.813. The Labute approximate surface area is 93.0 Å². The van der Waals surface area contributed by atoms with Crippen LogP contribution in [0.5, 0.6) is 11.5 Å². The minimum atomic E-state index is 0.188. The van der Waals surface area contributed by atoms with Crippen LogP contribution in [0.4, 0.5) is 0 Å². The van der Waals surface area contributed by atoms with E-state index in [4.69, 9.17) is 32.7 Å². The van der Waals surface area contributed by atoms with Gasteiger partial charge in [0.15, 0.2) is 0 Å². The minimum absolute atomic E-state index is 0.188. The predicted molar refractivity (Wildman–Crippen MR) is 59.2 cm³/mol. The average molecular weight is 233 g/mol. The number of methoxy groups -OCH3 is 2. The summed E-state index contributed by atoms with van der Waals surface area (Å²) < 4.78 is 10.4. The maximum absolute atomic E-state index is 5.55. The van der Waals surface area contributed by atoms with E-state index in [1.165, 1.54) is 0 Å². The van der Waals surface area contributed by atoms with Crippen LogP contribution in [0.3, 0.4) is 0 Å². The molecule has 0 saturated heterocycles. The van der Waals surface area contributed by atoms with Crippen LogP contribution in [0.25, 0.3) is 6.08 Å². The number of hydrogen-bond donors (Lipinski definition) is 0. The van der Waals surface area contributed by atoms with Gasteiger partial charge in [0, 0.05) is 11.6 Å². The Hall–Kier alpha value is -0.860. The van der Waals surface area contributed by atoms with Crippen molar-refractivity contribution in [3.63, 3.8) is 0 Å². The average Bonchev–Trinajstić information content (AvgIpc) is 2.17. The fourth-order valence-corrected chi connectivity index (χ4v) is 1.29. The lowest BCUT2D eigenvalue weighted by atomic mass is 10.2. The van der Waals surface area contributed by atoms with Crippen molar-refractivity contribution in [2.45, 2.75) is 0 Å². The van der Waals surface area contributed by atoms with E-state index in [2.05, 4.69) is 0 Å². The van der Waals surface area contributed by atoms with Gasteiger partial charge >= 0.3 is 0 Å². The van der Waals surface area contributed by atoms with Gasteiger partial charge in [-0.25, -0.2) is 0 Å². The van der Waals surface area contributed by atoms with Crippen molar-refractivity contribution in [1.82, 2.24) is 0 Å². The molecule has 1 aromatic rings. The Morgan fingerprint density at radius 1 is 1.21 bits per heavy atom. The number of halogens is 2. The second-order valence-electron chi connectivity index (χ2n) is 2.54. The molecule has 0 spiro atoms. The minimum Gasteiger partial charge on any atom is -0.497 e. The second-order valence-corrected chi connectivity index (χ2v) is 3.55. The Morgan fingerprint density at radius 2 is 1.93 bits per heavy atom. The summed E-state index contributed by atoms with van der Waals surface area (Å²) >= 11 is 11.1. The van der Waals surface area contributed by atoms with E-state index in [0.717, 1.165) is 11.3 Å². The van der Waals surface area contributed by atoms with E-state index in [9.17, 15) is 0 Å². The quantitative estimate of drug-likeness (QED) is 0.795. The summed E-state index contributed by atoms with van der Waals surface area (Å²) in [4.78, 5) is 0. The summed E-state index contributed by atoms with van der Waals surface area (Å²) in [5, 5.41) is 0. The maximum Gasteiger partial charge on any atom is 0.129 e. The van der Waals surface area contributed by atoms with Gasteiger partial charge in [0.05, 0.1) is 14.2 Å². The molecule has 0 aliphatic carbocycles. The maximum atomic E-state index is 5.55. The lowest BCUT2D eigenvalue weighted by Crippen LogP contribution is -1.89. The third kappa shape index (κ3) is 2.82. The summed E-state index contributed by atoms with van der Waals surface area (Å²) in [6.45, 7) is 0. The Balaban J connectivity index is 3.11. The zero-order chi connectivity index (χ0) is 10.6. The largest absolute Gasteiger partial charge is 0.497 e. The molecule has 0 unspecified atom stereocenters. The molecule has 0 saturated carbocycles. The van der Waals surface area contributed by atoms with Gasteiger partial charge in [0.2, 0.25) is 0 Å². The smallest absolute Gasteiger partial charge is 0.129 e. The molecule has 0 bridgehead atoms. The summed E-state index contributed by atoms with van der Waals surface area (Å²) in [6, 6.07) is 5.40. The van der Waals surface area contributed by atoms with E-state index in [0.29, 0.717) is 5.75 Å². The zero-order valence-corrected chi connectivity index (χ0v) is 9.39. The van der Waals surface area contributed by atoms with E-state index in [1.54, 1.807) is 26.4 Å². The normalized spacial score (nSPS) is 9.43. The number of rotatable bonds is 3. The van der Waals surface area contributed by atoms with Crippen LogP contribution in [0, 0.1) is 0 Å². The molecule has 0 aliphatic heterocycles. The van der Waals surface area contributed by atoms with Crippen LogP contribution < -0.4 is 9.47 Å². The van der Waals surface area contributed by atoms with Gasteiger partial charge in [0.1, 0.15) is 16.0 Å². The van der Waals surface area contributed by atoms with E-state index >= 15 is 0 Å². The fraction of sp³-hybridized carbons (Fsp3) is 0.200. The molecule has 0 atom stereocenters. The highest BCUT2D eigenvalue weighted by Gasteiger charge is 2.02. The van der Waals surface area contributed by atoms with Crippen molar-refractivity contribution in [2.75, 3.05) is 14.2 Å². The molecule has 0 aliphatic rings. The highest BCUT2D eigenvalue weighted by molar-refractivity contribution is 6.57. The molecular formula is C10H10Cl2O2. The first-order valence-electron chi connectivity index (χ1n) is 3.92. The van der Waals surface area contributed by atoms with Crippen LogP contribution >= 0.6 is 23.2 Å². The fourth-order valence-electron chi connectivity index (χ4n) is 1.06. The van der Waals surface area contributed by atoms with Crippen molar-refractivity contribution in [3.8, 4) is 11.5 Å². The van der Waals surface area contributed by atoms with Crippen LogP contribution in [0.2, 0.25) is 0 Å². The van der Waals surface area contributed by atoms with Gasteiger partial charge in [-0.2, -0.15) is 0 Å². The third-order valence-electron chi connectivity index (χ3n) is 1.71. The van der Waals surface area contributed by atoms with Crippen LogP contribution in [-0.2, 0) is 0 Å². The van der Waals surface area contributed by atoms with Gasteiger partial charge < -0.3 is 9.47 Å². The van der Waals surface area contributed by atoms with Crippen molar-refractivity contribution in [1.29, 1.82) is 0 Å². The monoisotopic (exact) mass is 232 g/mol. The molecule has 0 aromatic heterocycles. The predicted octanol–water partition coefficient (Wildman–Crippen LogP) is 3.48. The van der Waals surface area contributed by atoms with Gasteiger partial charge in [-0.1, -0.05) is 23.2 Å². The molecule has 0 N–H and O–H groups in total. The Bertz CT molecular complexity index is 344. The van der Waals surface area contributed by atoms with Crippen molar-refractivity contribution >= 4 is 29.3 Å². The first-order valence-corrected chi connectivity index (χ1v) is 4.67. The van der Waals surface area contributed by atoms with Gasteiger partial charge in [-0.15, -0.1) is 0 Å². The molecule has 0 heterocycles. The van der Waals surface area contributed by atoms with Crippen molar-refractivity contribution in [3.05, 3.63) is 28.3 Å². The molecule has 0 radical (unpaired) electrons. The SMILES string of the molecule is COc1ccc(C=C(Cl)Cl)c(OC)c1. The van der Waals surface area contributed by atoms with Crippen molar-refractivity contribution < 1.29 is 9.47 Å². The van der Waals surface area contributed by atoms with E-state index < -0.39 is 0 Å². The topological polar surface area (TPSA) is 18.5 Å². The lowest BCUT2D eigenvalue weighted by molar-refractivity contribution is 0.394. The zero-order valence-electron chi connectivity index (χ0n) is 7.88. The molecular weight excluding hydrogens is 223 g/mol. The van der Waals surface area contributed by atoms with Gasteiger partial charge in [-0.05, 0) is 18.2 Å². The summed E-state index contributed by atoms with van der Waals surface area (Å²) in [6.07, 6.45) is 1.61. The Morgan fingerprint density at radius 3 is 2.43 bits per heavy atom. The highest BCUT2D eigenvalue weighted by Crippen LogP contribution is 2.27. The van der Waals surface area contributed by atoms with Crippen LogP contribution in [0.1, 0.15) is 5.56 Å². The Kier molecular flexibility index (Phi) is 4.11. The number of benzene rings is 1. The molecule has 14 heavy (non-hydrogen) atoms. The van der Waals surface area contributed by atoms with E-state index in [1.807, 2.05) is 12.1 Å². The van der Waals surface area contributed by atoms with E-state index in [-0.39, 0.29) is 4.49 Å². The van der Waals surface area contributed by atoms with Crippen LogP contribution in [0.15, 0.2) is 22.7 Å². The third-order valence-corrected chi connectivity index (χ3v) is 1.92. The molecule has 0 amide bonds. The number of ether oxygens (including phenoxy) is 2. The molecule has 1 rings (SSSR count). The molecule has 0 fully saturated rings.